The highest BCUT2D eigenvalue weighted by Crippen LogP contribution is 2.42. The molecule has 1 saturated carbocycles. The van der Waals surface area contributed by atoms with Crippen molar-refractivity contribution >= 4 is 17.5 Å². The van der Waals surface area contributed by atoms with Crippen LogP contribution in [0, 0.1) is 0 Å². The molecule has 0 saturated heterocycles. The second kappa shape index (κ2) is 6.57. The van der Waals surface area contributed by atoms with E-state index >= 15 is 0 Å². The third kappa shape index (κ3) is 3.05. The van der Waals surface area contributed by atoms with Crippen LogP contribution in [0.5, 0.6) is 0 Å². The van der Waals surface area contributed by atoms with Crippen molar-refractivity contribution in [1.29, 1.82) is 0 Å². The second-order valence-electron chi connectivity index (χ2n) is 5.88. The van der Waals surface area contributed by atoms with E-state index < -0.39 is 5.41 Å². The first-order valence-corrected chi connectivity index (χ1v) is 8.15. The van der Waals surface area contributed by atoms with E-state index in [1.807, 2.05) is 36.4 Å². The molecule has 1 heterocycles. The Balaban J connectivity index is 1.71. The van der Waals surface area contributed by atoms with E-state index in [2.05, 4.69) is 5.32 Å². The summed E-state index contributed by atoms with van der Waals surface area (Å²) in [4.78, 5) is 12.8. The maximum absolute atomic E-state index is 12.8. The Kier molecular flexibility index (Phi) is 4.53. The third-order valence-corrected chi connectivity index (χ3v) is 4.74. The van der Waals surface area contributed by atoms with Crippen LogP contribution in [0.1, 0.15) is 37.0 Å². The quantitative estimate of drug-likeness (QED) is 0.902. The van der Waals surface area contributed by atoms with Gasteiger partial charge in [0, 0.05) is 18.0 Å². The first-order chi connectivity index (χ1) is 10.7. The van der Waals surface area contributed by atoms with Gasteiger partial charge in [-0.1, -0.05) is 36.6 Å². The van der Waals surface area contributed by atoms with Crippen LogP contribution >= 0.6 is 11.6 Å². The van der Waals surface area contributed by atoms with Gasteiger partial charge in [0.1, 0.15) is 5.76 Å². The van der Waals surface area contributed by atoms with Gasteiger partial charge in [-0.3, -0.25) is 4.79 Å². The van der Waals surface area contributed by atoms with Crippen LogP contribution in [-0.2, 0) is 16.6 Å². The molecule has 116 valence electrons. The number of carbonyl (C=O) groups is 1. The van der Waals surface area contributed by atoms with Gasteiger partial charge in [-0.2, -0.15) is 0 Å². The minimum absolute atomic E-state index is 0.110. The molecule has 1 N–H and O–H groups in total. The molecule has 1 aromatic heterocycles. The summed E-state index contributed by atoms with van der Waals surface area (Å²) in [6.45, 7) is 0.592. The highest BCUT2D eigenvalue weighted by molar-refractivity contribution is 6.30. The van der Waals surface area contributed by atoms with Gasteiger partial charge in [0.05, 0.1) is 11.7 Å². The van der Waals surface area contributed by atoms with Crippen molar-refractivity contribution in [2.75, 3.05) is 6.54 Å². The highest BCUT2D eigenvalue weighted by Gasteiger charge is 2.42. The van der Waals surface area contributed by atoms with Crippen molar-refractivity contribution in [3.05, 3.63) is 59.0 Å². The number of rotatable bonds is 5. The summed E-state index contributed by atoms with van der Waals surface area (Å²) in [6.07, 6.45) is 6.31. The average Bonchev–Trinajstić information content (AvgIpc) is 3.19. The van der Waals surface area contributed by atoms with Crippen molar-refractivity contribution in [2.24, 2.45) is 0 Å². The fraction of sp³-hybridized carbons (Fsp3) is 0.389. The standard InChI is InChI=1S/C18H20ClNO2/c19-15-6-3-5-14(13-15)18(9-1-2-10-18)17(21)20-11-8-16-7-4-12-22-16/h3-7,12-13H,1-2,8-11H2,(H,20,21). The van der Waals surface area contributed by atoms with Gasteiger partial charge in [-0.25, -0.2) is 0 Å². The Labute approximate surface area is 135 Å². The normalized spacial score (nSPS) is 16.6. The molecule has 1 aromatic carbocycles. The maximum Gasteiger partial charge on any atom is 0.230 e. The van der Waals surface area contributed by atoms with E-state index in [-0.39, 0.29) is 5.91 Å². The van der Waals surface area contributed by atoms with Crippen LogP contribution in [0.15, 0.2) is 47.1 Å². The van der Waals surface area contributed by atoms with E-state index in [1.54, 1.807) is 6.26 Å². The summed E-state index contributed by atoms with van der Waals surface area (Å²) in [5.41, 5.74) is 0.613. The highest BCUT2D eigenvalue weighted by atomic mass is 35.5. The summed E-state index contributed by atoms with van der Waals surface area (Å²) < 4.78 is 5.30. The smallest absolute Gasteiger partial charge is 0.230 e. The first kappa shape index (κ1) is 15.2. The van der Waals surface area contributed by atoms with Gasteiger partial charge < -0.3 is 9.73 Å². The number of furan rings is 1. The Morgan fingerprint density at radius 2 is 2.05 bits per heavy atom. The molecule has 1 amide bonds. The summed E-state index contributed by atoms with van der Waals surface area (Å²) in [5.74, 6) is 1.00. The average molecular weight is 318 g/mol. The number of benzene rings is 1. The summed E-state index contributed by atoms with van der Waals surface area (Å²) in [6, 6.07) is 11.5. The molecule has 0 spiro atoms. The third-order valence-electron chi connectivity index (χ3n) is 4.51. The molecule has 22 heavy (non-hydrogen) atoms. The van der Waals surface area contributed by atoms with Crippen LogP contribution in [0.3, 0.4) is 0 Å². The SMILES string of the molecule is O=C(NCCc1ccco1)C1(c2cccc(Cl)c2)CCCC1. The molecule has 1 fully saturated rings. The van der Waals surface area contributed by atoms with Gasteiger partial charge in [-0.15, -0.1) is 0 Å². The monoisotopic (exact) mass is 317 g/mol. The van der Waals surface area contributed by atoms with E-state index in [0.717, 1.165) is 37.0 Å². The zero-order valence-corrected chi connectivity index (χ0v) is 13.2. The van der Waals surface area contributed by atoms with Crippen molar-refractivity contribution in [3.63, 3.8) is 0 Å². The van der Waals surface area contributed by atoms with Crippen LogP contribution in [0.4, 0.5) is 0 Å². The molecule has 3 rings (SSSR count). The molecule has 0 bridgehead atoms. The Bertz CT molecular complexity index is 630. The zero-order chi connectivity index (χ0) is 15.4. The fourth-order valence-electron chi connectivity index (χ4n) is 3.33. The molecule has 4 heteroatoms. The van der Waals surface area contributed by atoms with Crippen LogP contribution in [0.2, 0.25) is 5.02 Å². The molecule has 0 atom stereocenters. The van der Waals surface area contributed by atoms with Gasteiger partial charge in [0.2, 0.25) is 5.91 Å². The molecular formula is C18H20ClNO2. The molecule has 2 aromatic rings. The lowest BCUT2D eigenvalue weighted by molar-refractivity contribution is -0.126. The predicted octanol–water partition coefficient (Wildman–Crippen LogP) is 4.10. The van der Waals surface area contributed by atoms with Crippen LogP contribution in [-0.4, -0.2) is 12.5 Å². The fourth-order valence-corrected chi connectivity index (χ4v) is 3.53. The predicted molar refractivity (Wildman–Crippen MR) is 87.0 cm³/mol. The number of hydrogen-bond acceptors (Lipinski definition) is 2. The summed E-state index contributed by atoms with van der Waals surface area (Å²) in [5, 5.41) is 3.77. The Morgan fingerprint density at radius 3 is 2.73 bits per heavy atom. The van der Waals surface area contributed by atoms with Gasteiger partial charge in [-0.05, 0) is 42.7 Å². The lowest BCUT2D eigenvalue weighted by atomic mass is 9.78. The van der Waals surface area contributed by atoms with E-state index in [9.17, 15) is 4.79 Å². The Morgan fingerprint density at radius 1 is 1.23 bits per heavy atom. The number of amides is 1. The first-order valence-electron chi connectivity index (χ1n) is 7.77. The van der Waals surface area contributed by atoms with Crippen LogP contribution < -0.4 is 5.32 Å². The molecular weight excluding hydrogens is 298 g/mol. The largest absolute Gasteiger partial charge is 0.469 e. The van der Waals surface area contributed by atoms with E-state index in [1.165, 1.54) is 0 Å². The number of halogens is 1. The molecule has 3 nitrogen and oxygen atoms in total. The topological polar surface area (TPSA) is 42.2 Å². The van der Waals surface area contributed by atoms with Crippen molar-refractivity contribution < 1.29 is 9.21 Å². The lowest BCUT2D eigenvalue weighted by Gasteiger charge is -2.28. The van der Waals surface area contributed by atoms with Crippen molar-refractivity contribution in [2.45, 2.75) is 37.5 Å². The Hall–Kier alpha value is -1.74. The summed E-state index contributed by atoms with van der Waals surface area (Å²) in [7, 11) is 0. The summed E-state index contributed by atoms with van der Waals surface area (Å²) >= 11 is 6.12. The van der Waals surface area contributed by atoms with Crippen molar-refractivity contribution in [1.82, 2.24) is 5.32 Å². The molecule has 1 aliphatic rings. The minimum Gasteiger partial charge on any atom is -0.469 e. The van der Waals surface area contributed by atoms with Crippen LogP contribution in [0.25, 0.3) is 0 Å². The van der Waals surface area contributed by atoms with E-state index in [4.69, 9.17) is 16.0 Å². The second-order valence-corrected chi connectivity index (χ2v) is 6.32. The molecule has 0 radical (unpaired) electrons. The maximum atomic E-state index is 12.8. The number of carbonyl (C=O) groups excluding carboxylic acids is 1. The molecule has 1 aliphatic carbocycles. The lowest BCUT2D eigenvalue weighted by Crippen LogP contribution is -2.43. The molecule has 0 unspecified atom stereocenters. The van der Waals surface area contributed by atoms with Gasteiger partial charge >= 0.3 is 0 Å². The minimum atomic E-state index is -0.423. The van der Waals surface area contributed by atoms with E-state index in [0.29, 0.717) is 18.0 Å². The van der Waals surface area contributed by atoms with Gasteiger partial charge in [0.25, 0.3) is 0 Å². The number of nitrogens with one attached hydrogen (secondary N) is 1. The van der Waals surface area contributed by atoms with Crippen molar-refractivity contribution in [3.8, 4) is 0 Å². The zero-order valence-electron chi connectivity index (χ0n) is 12.5. The molecule has 0 aliphatic heterocycles. The van der Waals surface area contributed by atoms with Gasteiger partial charge in [0.15, 0.2) is 0 Å². The number of hydrogen-bond donors (Lipinski definition) is 1.